The maximum absolute atomic E-state index is 14.0. The van der Waals surface area contributed by atoms with Gasteiger partial charge in [0.25, 0.3) is 0 Å². The summed E-state index contributed by atoms with van der Waals surface area (Å²) in [4.78, 5) is 67.9. The van der Waals surface area contributed by atoms with Crippen molar-refractivity contribution in [2.24, 2.45) is 29.6 Å². The predicted octanol–water partition coefficient (Wildman–Crippen LogP) is 5.08. The Morgan fingerprint density at radius 1 is 0.920 bits per heavy atom. The van der Waals surface area contributed by atoms with Crippen LogP contribution in [0.3, 0.4) is 0 Å². The molecule has 2 N–H and O–H groups in total. The van der Waals surface area contributed by atoms with Crippen molar-refractivity contribution in [2.75, 3.05) is 24.4 Å². The molecular formula is C36H30FN3O8S2. The third-order valence-corrected chi connectivity index (χ3v) is 13.3. The zero-order valence-electron chi connectivity index (χ0n) is 26.7. The number of benzene rings is 3. The zero-order valence-corrected chi connectivity index (χ0v) is 28.3. The molecule has 3 fully saturated rings. The Morgan fingerprint density at radius 2 is 1.60 bits per heavy atom. The zero-order chi connectivity index (χ0) is 35.0. The molecule has 2 aliphatic heterocycles. The van der Waals surface area contributed by atoms with E-state index in [4.69, 9.17) is 9.47 Å². The van der Waals surface area contributed by atoms with Crippen LogP contribution in [0.2, 0.25) is 0 Å². The van der Waals surface area contributed by atoms with Crippen LogP contribution in [-0.4, -0.2) is 52.8 Å². The van der Waals surface area contributed by atoms with Crippen molar-refractivity contribution in [1.29, 1.82) is 0 Å². The number of thiazole rings is 1. The van der Waals surface area contributed by atoms with Gasteiger partial charge in [-0.05, 0) is 90.4 Å². The molecule has 2 bridgehead atoms. The second-order valence-electron chi connectivity index (χ2n) is 12.9. The molecule has 1 saturated heterocycles. The topological polar surface area (TPSA) is 144 Å². The summed E-state index contributed by atoms with van der Waals surface area (Å²) in [6.07, 6.45) is 0.669. The third kappa shape index (κ3) is 4.95. The third-order valence-electron chi connectivity index (χ3n) is 10.5. The summed E-state index contributed by atoms with van der Waals surface area (Å²) in [5.41, 5.74) is 1.68. The molecule has 3 amide bonds. The van der Waals surface area contributed by atoms with E-state index in [9.17, 15) is 33.5 Å². The quantitative estimate of drug-likeness (QED) is 0.239. The van der Waals surface area contributed by atoms with E-state index in [1.54, 1.807) is 14.2 Å². The van der Waals surface area contributed by atoms with Crippen LogP contribution in [0.15, 0.2) is 76.6 Å². The standard InChI is InChI=1S/C36H30FN3O8S2/c1-47-23-12-5-17(13-24(23)48-2)26-27-21-14-22(29-28(21)32(42)40(33(29)43)20-10-6-18(37)7-11-20)30(27)49-34-31(26)50-36(46)39(34)15-25(41)38-19-8-3-16(4-9-19)35(44)45/h3-13,21-22,26-30H,14-15H2,1-2H3,(H,38,41)(H,44,45). The molecule has 4 aromatic rings. The number of carboxylic acid groups (broad SMARTS) is 1. The Bertz CT molecular complexity index is 2130. The Morgan fingerprint density at radius 3 is 2.26 bits per heavy atom. The van der Waals surface area contributed by atoms with E-state index in [2.05, 4.69) is 5.32 Å². The highest BCUT2D eigenvalue weighted by molar-refractivity contribution is 8.00. The summed E-state index contributed by atoms with van der Waals surface area (Å²) in [5.74, 6) is -3.37. The minimum atomic E-state index is -1.09. The van der Waals surface area contributed by atoms with Crippen LogP contribution in [0.25, 0.3) is 0 Å². The van der Waals surface area contributed by atoms with Crippen LogP contribution < -0.4 is 24.6 Å². The lowest BCUT2D eigenvalue weighted by Crippen LogP contribution is -2.43. The highest BCUT2D eigenvalue weighted by Gasteiger charge is 2.70. The first kappa shape index (κ1) is 32.3. The fourth-order valence-corrected chi connectivity index (χ4v) is 11.7. The summed E-state index contributed by atoms with van der Waals surface area (Å²) >= 11 is 2.57. The first-order valence-electron chi connectivity index (χ1n) is 16.0. The number of aromatic nitrogens is 1. The van der Waals surface area contributed by atoms with Gasteiger partial charge in [0.05, 0.1) is 42.3 Å². The van der Waals surface area contributed by atoms with Crippen LogP contribution in [0, 0.1) is 35.4 Å². The SMILES string of the molecule is COc1ccc(C2c3sc(=O)n(CC(=O)Nc4ccc(C(=O)O)cc4)c3SC3C4CC(C5C(=O)N(c6ccc(F)cc6)C(=O)C45)C23)cc1OC. The molecule has 0 radical (unpaired) electrons. The summed E-state index contributed by atoms with van der Waals surface area (Å²) in [6, 6.07) is 16.7. The van der Waals surface area contributed by atoms with Gasteiger partial charge in [-0.3, -0.25) is 28.6 Å². The van der Waals surface area contributed by atoms with E-state index in [0.717, 1.165) is 21.8 Å². The van der Waals surface area contributed by atoms with Crippen LogP contribution >= 0.6 is 23.1 Å². The average molecular weight is 716 g/mol. The number of hydrogen-bond acceptors (Lipinski definition) is 9. The van der Waals surface area contributed by atoms with Gasteiger partial charge < -0.3 is 19.9 Å². The molecule has 3 heterocycles. The second kappa shape index (κ2) is 12.1. The first-order valence-corrected chi connectivity index (χ1v) is 17.7. The number of thioether (sulfide) groups is 1. The lowest BCUT2D eigenvalue weighted by atomic mass is 9.68. The molecule has 8 rings (SSSR count). The van der Waals surface area contributed by atoms with E-state index in [1.807, 2.05) is 18.2 Å². The van der Waals surface area contributed by atoms with Gasteiger partial charge in [-0.2, -0.15) is 0 Å². The maximum atomic E-state index is 14.0. The summed E-state index contributed by atoms with van der Waals surface area (Å²) in [5, 5.41) is 12.5. The van der Waals surface area contributed by atoms with Crippen LogP contribution in [-0.2, 0) is 20.9 Å². The van der Waals surface area contributed by atoms with E-state index in [0.29, 0.717) is 34.3 Å². The number of amides is 3. The lowest BCUT2D eigenvalue weighted by molar-refractivity contribution is -0.123. The first-order chi connectivity index (χ1) is 24.1. The predicted molar refractivity (Wildman–Crippen MR) is 183 cm³/mol. The Labute approximate surface area is 293 Å². The number of rotatable bonds is 8. The molecule has 11 nitrogen and oxygen atoms in total. The minimum absolute atomic E-state index is 0.0783. The number of ether oxygens (including phenoxy) is 2. The molecule has 2 aliphatic carbocycles. The van der Waals surface area contributed by atoms with Crippen molar-refractivity contribution >= 4 is 58.2 Å². The highest BCUT2D eigenvalue weighted by atomic mass is 32.2. The van der Waals surface area contributed by atoms with Gasteiger partial charge in [-0.1, -0.05) is 17.4 Å². The number of methoxy groups -OCH3 is 2. The van der Waals surface area contributed by atoms with Gasteiger partial charge in [0, 0.05) is 21.7 Å². The van der Waals surface area contributed by atoms with Gasteiger partial charge in [-0.15, -0.1) is 11.8 Å². The molecule has 7 atom stereocenters. The van der Waals surface area contributed by atoms with E-state index < -0.39 is 29.5 Å². The van der Waals surface area contributed by atoms with Crippen LogP contribution in [0.5, 0.6) is 11.5 Å². The summed E-state index contributed by atoms with van der Waals surface area (Å²) in [6.45, 7) is -0.274. The summed E-state index contributed by atoms with van der Waals surface area (Å²) in [7, 11) is 3.09. The Hall–Kier alpha value is -4.95. The maximum Gasteiger partial charge on any atom is 0.335 e. The number of fused-ring (bicyclic) bond motifs is 9. The van der Waals surface area contributed by atoms with Gasteiger partial charge in [0.2, 0.25) is 17.7 Å². The molecule has 4 aliphatic rings. The number of nitrogens with one attached hydrogen (secondary N) is 1. The molecule has 256 valence electrons. The second-order valence-corrected chi connectivity index (χ2v) is 15.1. The number of nitrogens with zero attached hydrogens (tertiary/aromatic N) is 2. The number of carboxylic acids is 1. The number of anilines is 2. The van der Waals surface area contributed by atoms with Crippen LogP contribution in [0.4, 0.5) is 15.8 Å². The van der Waals surface area contributed by atoms with E-state index in [1.165, 1.54) is 69.8 Å². The monoisotopic (exact) mass is 715 g/mol. The highest BCUT2D eigenvalue weighted by Crippen LogP contribution is 2.69. The molecule has 2 saturated carbocycles. The molecule has 3 aromatic carbocycles. The molecule has 14 heteroatoms. The fourth-order valence-electron chi connectivity index (χ4n) is 8.56. The van der Waals surface area contributed by atoms with Crippen molar-refractivity contribution in [1.82, 2.24) is 4.57 Å². The van der Waals surface area contributed by atoms with Crippen molar-refractivity contribution in [3.8, 4) is 11.5 Å². The van der Waals surface area contributed by atoms with E-state index >= 15 is 0 Å². The van der Waals surface area contributed by atoms with Gasteiger partial charge >= 0.3 is 10.8 Å². The lowest BCUT2D eigenvalue weighted by Gasteiger charge is -2.43. The number of carbonyl (C=O) groups is 4. The van der Waals surface area contributed by atoms with Crippen LogP contribution in [0.1, 0.15) is 33.1 Å². The average Bonchev–Trinajstić information content (AvgIpc) is 3.83. The number of aromatic carboxylic acids is 1. The molecule has 50 heavy (non-hydrogen) atoms. The molecule has 7 unspecified atom stereocenters. The largest absolute Gasteiger partial charge is 0.493 e. The number of carbonyl (C=O) groups excluding carboxylic acids is 3. The molecule has 1 aromatic heterocycles. The Kier molecular flexibility index (Phi) is 7.83. The minimum Gasteiger partial charge on any atom is -0.493 e. The number of halogens is 1. The van der Waals surface area contributed by atoms with Gasteiger partial charge in [0.1, 0.15) is 12.4 Å². The fraction of sp³-hybridized carbons (Fsp3) is 0.306. The number of imide groups is 1. The molecular weight excluding hydrogens is 686 g/mol. The number of hydrogen-bond donors (Lipinski definition) is 2. The Balaban J connectivity index is 1.18. The van der Waals surface area contributed by atoms with E-state index in [-0.39, 0.29) is 57.7 Å². The van der Waals surface area contributed by atoms with Crippen molar-refractivity contribution in [3.05, 3.63) is 98.2 Å². The van der Waals surface area contributed by atoms with Crippen molar-refractivity contribution < 1.29 is 38.1 Å². The van der Waals surface area contributed by atoms with Crippen molar-refractivity contribution in [3.63, 3.8) is 0 Å². The normalized spacial score (nSPS) is 26.0. The van der Waals surface area contributed by atoms with Crippen molar-refractivity contribution in [2.45, 2.75) is 29.2 Å². The summed E-state index contributed by atoms with van der Waals surface area (Å²) < 4.78 is 26.4. The smallest absolute Gasteiger partial charge is 0.335 e. The molecule has 0 spiro atoms. The van der Waals surface area contributed by atoms with Gasteiger partial charge in [0.15, 0.2) is 11.5 Å². The van der Waals surface area contributed by atoms with Gasteiger partial charge in [-0.25, -0.2) is 9.18 Å².